The second-order valence-corrected chi connectivity index (χ2v) is 4.42. The predicted octanol–water partition coefficient (Wildman–Crippen LogP) is 2.12. The molecule has 6 heteroatoms. The average Bonchev–Trinajstić information content (AvgIpc) is 2.76. The van der Waals surface area contributed by atoms with Crippen LogP contribution in [0.15, 0.2) is 35.3 Å². The number of aromatic amines is 1. The Morgan fingerprint density at radius 3 is 2.70 bits per heavy atom. The number of aromatic nitrogens is 3. The van der Waals surface area contributed by atoms with Gasteiger partial charge in [-0.15, -0.1) is 0 Å². The van der Waals surface area contributed by atoms with Crippen molar-refractivity contribution >= 4 is 11.2 Å². The number of imidazole rings is 1. The average molecular weight is 273 g/mol. The Hall–Kier alpha value is -2.63. The van der Waals surface area contributed by atoms with Crippen LogP contribution in [0.1, 0.15) is 12.5 Å². The molecule has 0 spiro atoms. The largest absolute Gasteiger partial charge is 0.508 e. The van der Waals surface area contributed by atoms with Crippen LogP contribution in [0, 0.1) is 5.82 Å². The molecule has 3 aromatic rings. The molecular formula is C14H12FN3O2. The second kappa shape index (κ2) is 4.48. The quantitative estimate of drug-likeness (QED) is 0.751. The molecule has 0 saturated carbocycles. The number of halogens is 1. The molecule has 0 fully saturated rings. The highest BCUT2D eigenvalue weighted by molar-refractivity contribution is 5.76. The minimum atomic E-state index is -0.431. The van der Waals surface area contributed by atoms with Gasteiger partial charge in [0.2, 0.25) is 0 Å². The second-order valence-electron chi connectivity index (χ2n) is 4.42. The van der Waals surface area contributed by atoms with E-state index in [0.29, 0.717) is 28.8 Å². The van der Waals surface area contributed by atoms with Crippen LogP contribution in [0.4, 0.5) is 4.39 Å². The van der Waals surface area contributed by atoms with Crippen molar-refractivity contribution in [1.82, 2.24) is 14.5 Å². The van der Waals surface area contributed by atoms with Crippen molar-refractivity contribution in [3.05, 3.63) is 52.3 Å². The normalized spacial score (nSPS) is 11.1. The van der Waals surface area contributed by atoms with Crippen molar-refractivity contribution in [2.45, 2.75) is 13.3 Å². The van der Waals surface area contributed by atoms with Crippen LogP contribution >= 0.6 is 0 Å². The molecule has 0 unspecified atom stereocenters. The van der Waals surface area contributed by atoms with E-state index in [1.54, 1.807) is 12.1 Å². The molecule has 2 N–H and O–H groups in total. The molecule has 102 valence electrons. The fourth-order valence-electron chi connectivity index (χ4n) is 2.26. The van der Waals surface area contributed by atoms with Crippen molar-refractivity contribution in [2.24, 2.45) is 0 Å². The maximum Gasteiger partial charge on any atom is 0.332 e. The fraction of sp³-hybridized carbons (Fsp3) is 0.143. The molecule has 1 aromatic carbocycles. The van der Waals surface area contributed by atoms with Gasteiger partial charge in [0.15, 0.2) is 5.65 Å². The third-order valence-corrected chi connectivity index (χ3v) is 3.22. The predicted molar refractivity (Wildman–Crippen MR) is 72.7 cm³/mol. The lowest BCUT2D eigenvalue weighted by Crippen LogP contribution is -2.14. The molecule has 0 atom stereocenters. The van der Waals surface area contributed by atoms with Gasteiger partial charge in [0.1, 0.15) is 11.6 Å². The molecule has 2 heterocycles. The van der Waals surface area contributed by atoms with Crippen molar-refractivity contribution < 1.29 is 9.50 Å². The van der Waals surface area contributed by atoms with Crippen LogP contribution in [-0.4, -0.2) is 19.6 Å². The molecule has 0 aliphatic rings. The van der Waals surface area contributed by atoms with E-state index in [1.807, 2.05) is 6.92 Å². The lowest BCUT2D eigenvalue weighted by Gasteiger charge is -2.04. The van der Waals surface area contributed by atoms with Gasteiger partial charge in [-0.05, 0) is 30.7 Å². The monoisotopic (exact) mass is 273 g/mol. The summed E-state index contributed by atoms with van der Waals surface area (Å²) in [7, 11) is 0. The standard InChI is InChI=1S/C14H12FN3O2/c1-2-10-11(15)7-16-13-12(10)17-14(20)18(13)8-3-5-9(19)6-4-8/h3-7,19H,2H2,1H3,(H,17,20). The number of hydrogen-bond acceptors (Lipinski definition) is 3. The summed E-state index contributed by atoms with van der Waals surface area (Å²) in [5.41, 5.74) is 1.38. The van der Waals surface area contributed by atoms with Crippen LogP contribution in [0.2, 0.25) is 0 Å². The van der Waals surface area contributed by atoms with E-state index in [-0.39, 0.29) is 5.75 Å². The summed E-state index contributed by atoms with van der Waals surface area (Å²) < 4.78 is 15.0. The van der Waals surface area contributed by atoms with Crippen LogP contribution in [0.5, 0.6) is 5.75 Å². The van der Waals surface area contributed by atoms with E-state index in [0.717, 1.165) is 6.20 Å². The number of aryl methyl sites for hydroxylation is 1. The summed E-state index contributed by atoms with van der Waals surface area (Å²) in [4.78, 5) is 18.7. The van der Waals surface area contributed by atoms with Crippen LogP contribution in [-0.2, 0) is 6.42 Å². The maximum absolute atomic E-state index is 13.7. The maximum atomic E-state index is 13.7. The highest BCUT2D eigenvalue weighted by atomic mass is 19.1. The highest BCUT2D eigenvalue weighted by Gasteiger charge is 2.15. The van der Waals surface area contributed by atoms with Gasteiger partial charge in [-0.2, -0.15) is 0 Å². The SMILES string of the molecule is CCc1c(F)cnc2c1[nH]c(=O)n2-c1ccc(O)cc1. The lowest BCUT2D eigenvalue weighted by atomic mass is 10.2. The minimum Gasteiger partial charge on any atom is -0.508 e. The summed E-state index contributed by atoms with van der Waals surface area (Å²) in [6, 6.07) is 6.15. The first-order valence-corrected chi connectivity index (χ1v) is 6.19. The number of nitrogens with one attached hydrogen (secondary N) is 1. The molecule has 0 saturated heterocycles. The molecule has 0 aliphatic heterocycles. The van der Waals surface area contributed by atoms with Gasteiger partial charge >= 0.3 is 5.69 Å². The fourth-order valence-corrected chi connectivity index (χ4v) is 2.26. The number of phenolic OH excluding ortho intramolecular Hbond substituents is 1. The summed E-state index contributed by atoms with van der Waals surface area (Å²) >= 11 is 0. The zero-order chi connectivity index (χ0) is 14.3. The van der Waals surface area contributed by atoms with Crippen molar-refractivity contribution in [3.8, 4) is 11.4 Å². The molecule has 0 amide bonds. The number of benzene rings is 1. The Labute approximate surface area is 113 Å². The van der Waals surface area contributed by atoms with E-state index >= 15 is 0 Å². The van der Waals surface area contributed by atoms with Gasteiger partial charge in [0.25, 0.3) is 0 Å². The van der Waals surface area contributed by atoms with Crippen molar-refractivity contribution in [1.29, 1.82) is 0 Å². The van der Waals surface area contributed by atoms with Crippen LogP contribution in [0.3, 0.4) is 0 Å². The molecule has 3 rings (SSSR count). The number of fused-ring (bicyclic) bond motifs is 1. The number of rotatable bonds is 2. The molecule has 0 aliphatic carbocycles. The first-order chi connectivity index (χ1) is 9.61. The van der Waals surface area contributed by atoms with Gasteiger partial charge < -0.3 is 10.1 Å². The Morgan fingerprint density at radius 2 is 2.05 bits per heavy atom. The smallest absolute Gasteiger partial charge is 0.332 e. The van der Waals surface area contributed by atoms with Gasteiger partial charge in [-0.3, -0.25) is 0 Å². The first kappa shape index (κ1) is 12.4. The van der Waals surface area contributed by atoms with Gasteiger partial charge in [0, 0.05) is 5.56 Å². The van der Waals surface area contributed by atoms with E-state index in [2.05, 4.69) is 9.97 Å². The molecule has 0 bridgehead atoms. The molecule has 2 aromatic heterocycles. The molecular weight excluding hydrogens is 261 g/mol. The van der Waals surface area contributed by atoms with Gasteiger partial charge in [0.05, 0.1) is 17.4 Å². The van der Waals surface area contributed by atoms with Gasteiger partial charge in [-0.25, -0.2) is 18.7 Å². The van der Waals surface area contributed by atoms with Crippen molar-refractivity contribution in [2.75, 3.05) is 0 Å². The number of phenols is 1. The third-order valence-electron chi connectivity index (χ3n) is 3.22. The molecule has 0 radical (unpaired) electrons. The minimum absolute atomic E-state index is 0.106. The Morgan fingerprint density at radius 1 is 1.35 bits per heavy atom. The highest BCUT2D eigenvalue weighted by Crippen LogP contribution is 2.20. The lowest BCUT2D eigenvalue weighted by molar-refractivity contribution is 0.475. The van der Waals surface area contributed by atoms with E-state index < -0.39 is 11.5 Å². The van der Waals surface area contributed by atoms with Gasteiger partial charge in [-0.1, -0.05) is 6.92 Å². The van der Waals surface area contributed by atoms with E-state index in [4.69, 9.17) is 0 Å². The summed E-state index contributed by atoms with van der Waals surface area (Å²) in [6.07, 6.45) is 1.58. The summed E-state index contributed by atoms with van der Waals surface area (Å²) in [5.74, 6) is -0.325. The van der Waals surface area contributed by atoms with Crippen molar-refractivity contribution in [3.63, 3.8) is 0 Å². The zero-order valence-corrected chi connectivity index (χ0v) is 10.7. The summed E-state index contributed by atoms with van der Waals surface area (Å²) in [5, 5.41) is 9.29. The molecule has 20 heavy (non-hydrogen) atoms. The molecule has 5 nitrogen and oxygen atoms in total. The first-order valence-electron chi connectivity index (χ1n) is 6.19. The third kappa shape index (κ3) is 1.77. The Balaban J connectivity index is 2.34. The number of nitrogens with zero attached hydrogens (tertiary/aromatic N) is 2. The summed E-state index contributed by atoms with van der Waals surface area (Å²) in [6.45, 7) is 1.81. The number of pyridine rings is 1. The number of H-pyrrole nitrogens is 1. The topological polar surface area (TPSA) is 70.9 Å². The number of aromatic hydroxyl groups is 1. The Bertz CT molecular complexity index is 834. The Kier molecular flexibility index (Phi) is 2.78. The van der Waals surface area contributed by atoms with E-state index in [9.17, 15) is 14.3 Å². The van der Waals surface area contributed by atoms with Crippen LogP contribution in [0.25, 0.3) is 16.9 Å². The number of hydrogen-bond donors (Lipinski definition) is 2. The van der Waals surface area contributed by atoms with Crippen LogP contribution < -0.4 is 5.69 Å². The zero-order valence-electron chi connectivity index (χ0n) is 10.7. The van der Waals surface area contributed by atoms with E-state index in [1.165, 1.54) is 16.7 Å².